The van der Waals surface area contributed by atoms with Gasteiger partial charge in [0.2, 0.25) is 5.90 Å². The fraction of sp³-hybridized carbons (Fsp3) is 0.174. The molecule has 6 aromatic carbocycles. The molecule has 10 nitrogen and oxygen atoms in total. The number of hydrazine groups is 1. The van der Waals surface area contributed by atoms with Gasteiger partial charge in [0.05, 0.1) is 13.2 Å². The molecule has 1 aliphatic rings. The Morgan fingerprint density at radius 3 is 2.14 bits per heavy atom. The van der Waals surface area contributed by atoms with Crippen molar-refractivity contribution in [1.29, 1.82) is 0 Å². The highest BCUT2D eigenvalue weighted by molar-refractivity contribution is 7.99. The van der Waals surface area contributed by atoms with Crippen molar-refractivity contribution in [3.63, 3.8) is 0 Å². The van der Waals surface area contributed by atoms with Gasteiger partial charge < -0.3 is 14.6 Å². The Hall–Kier alpha value is -6.36. The lowest BCUT2D eigenvalue weighted by Crippen LogP contribution is -2.53. The Balaban J connectivity index is 1.26. The van der Waals surface area contributed by atoms with E-state index in [1.807, 2.05) is 127 Å². The van der Waals surface area contributed by atoms with Gasteiger partial charge in [0.25, 0.3) is 5.91 Å². The highest BCUT2D eigenvalue weighted by atomic mass is 32.2. The van der Waals surface area contributed by atoms with E-state index < -0.39 is 11.6 Å². The third kappa shape index (κ3) is 9.55. The van der Waals surface area contributed by atoms with E-state index in [2.05, 4.69) is 51.2 Å². The SMILES string of the molecule is [N-]=[N+]=NCc1ccccc1C[C@]1(C(=O)NNCc2ccccc2Sc2ccccc2)N=C(c2ccc(OCCCO)cc2)O[C@H]1c1ccc(-c2ccccc2)cc1. The van der Waals surface area contributed by atoms with E-state index >= 15 is 4.79 Å². The standard InChI is InChI=1S/C46H42N6O4S/c47-52-49-31-38-15-8-7-14-37(38)30-46(45(54)51-48-32-39-16-9-10-19-42(39)57-41-17-5-2-6-18-41)43(35-22-20-34(21-23-35)33-12-3-1-4-13-33)56-44(50-46)36-24-26-40(27-25-36)55-29-11-28-53/h1-10,12-27,43,48,53H,11,28-32H2,(H,51,54)/t43-,46-/m0/s1. The van der Waals surface area contributed by atoms with Crippen molar-refractivity contribution in [3.05, 3.63) is 196 Å². The van der Waals surface area contributed by atoms with Gasteiger partial charge in [-0.3, -0.25) is 10.2 Å². The van der Waals surface area contributed by atoms with Crippen LogP contribution < -0.4 is 15.6 Å². The van der Waals surface area contributed by atoms with Crippen LogP contribution in [0.4, 0.5) is 0 Å². The molecule has 1 aliphatic heterocycles. The number of benzene rings is 6. The molecule has 0 saturated carbocycles. The predicted octanol–water partition coefficient (Wildman–Crippen LogP) is 9.40. The molecule has 0 aliphatic carbocycles. The molecular formula is C46H42N6O4S. The van der Waals surface area contributed by atoms with Gasteiger partial charge in [0.15, 0.2) is 11.6 Å². The number of rotatable bonds is 17. The number of hydrogen-bond acceptors (Lipinski definition) is 8. The van der Waals surface area contributed by atoms with Crippen LogP contribution in [0.1, 0.15) is 40.3 Å². The molecule has 0 saturated heterocycles. The van der Waals surface area contributed by atoms with E-state index in [0.29, 0.717) is 36.8 Å². The van der Waals surface area contributed by atoms with Gasteiger partial charge in [-0.2, -0.15) is 0 Å². The second kappa shape index (κ2) is 19.0. The molecule has 11 heteroatoms. The Labute approximate surface area is 336 Å². The van der Waals surface area contributed by atoms with Crippen LogP contribution in [0.25, 0.3) is 21.6 Å². The van der Waals surface area contributed by atoms with Crippen LogP contribution in [-0.4, -0.2) is 35.7 Å². The number of aliphatic hydroxyl groups excluding tert-OH is 1. The lowest BCUT2D eigenvalue weighted by atomic mass is 9.80. The van der Waals surface area contributed by atoms with E-state index in [1.165, 1.54) is 0 Å². The normalized spacial score (nSPS) is 15.9. The van der Waals surface area contributed by atoms with Crippen LogP contribution in [0.2, 0.25) is 0 Å². The lowest BCUT2D eigenvalue weighted by Gasteiger charge is -2.31. The van der Waals surface area contributed by atoms with Crippen LogP contribution in [-0.2, 0) is 29.0 Å². The summed E-state index contributed by atoms with van der Waals surface area (Å²) in [6, 6.07) is 51.4. The molecule has 0 unspecified atom stereocenters. The summed E-state index contributed by atoms with van der Waals surface area (Å²) >= 11 is 1.66. The van der Waals surface area contributed by atoms with Crippen molar-refractivity contribution in [2.45, 2.75) is 47.4 Å². The first-order valence-corrected chi connectivity index (χ1v) is 19.6. The quantitative estimate of drug-likeness (QED) is 0.0277. The maximum atomic E-state index is 15.0. The van der Waals surface area contributed by atoms with E-state index in [9.17, 15) is 10.6 Å². The van der Waals surface area contributed by atoms with Crippen molar-refractivity contribution in [1.82, 2.24) is 10.9 Å². The van der Waals surface area contributed by atoms with E-state index in [0.717, 1.165) is 43.2 Å². The van der Waals surface area contributed by atoms with Gasteiger partial charge in [-0.15, -0.1) is 0 Å². The van der Waals surface area contributed by atoms with Crippen LogP contribution in [0, 0.1) is 0 Å². The number of nitrogens with one attached hydrogen (secondary N) is 2. The van der Waals surface area contributed by atoms with E-state index in [4.69, 9.17) is 14.5 Å². The van der Waals surface area contributed by atoms with Gasteiger partial charge >= 0.3 is 0 Å². The van der Waals surface area contributed by atoms with Crippen molar-refractivity contribution >= 4 is 23.6 Å². The smallest absolute Gasteiger partial charge is 0.266 e. The Morgan fingerprint density at radius 1 is 0.789 bits per heavy atom. The average Bonchev–Trinajstić information content (AvgIpc) is 3.65. The maximum Gasteiger partial charge on any atom is 0.266 e. The van der Waals surface area contributed by atoms with Gasteiger partial charge in [-0.1, -0.05) is 132 Å². The largest absolute Gasteiger partial charge is 0.494 e. The molecule has 286 valence electrons. The maximum absolute atomic E-state index is 15.0. The summed E-state index contributed by atoms with van der Waals surface area (Å²) in [4.78, 5) is 25.4. The molecule has 0 bridgehead atoms. The first-order valence-electron chi connectivity index (χ1n) is 18.7. The van der Waals surface area contributed by atoms with Crippen molar-refractivity contribution in [2.75, 3.05) is 13.2 Å². The number of ether oxygens (including phenoxy) is 2. The van der Waals surface area contributed by atoms with Gasteiger partial charge in [0.1, 0.15) is 5.75 Å². The van der Waals surface area contributed by atoms with E-state index in [-0.39, 0.29) is 25.5 Å². The van der Waals surface area contributed by atoms with Gasteiger partial charge in [-0.05, 0) is 81.4 Å². The molecule has 7 rings (SSSR count). The summed E-state index contributed by atoms with van der Waals surface area (Å²) in [6.07, 6.45) is -0.171. The molecular weight excluding hydrogens is 733 g/mol. The first kappa shape index (κ1) is 38.9. The van der Waals surface area contributed by atoms with Gasteiger partial charge in [-0.25, -0.2) is 10.4 Å². The third-order valence-corrected chi connectivity index (χ3v) is 10.8. The number of aliphatic hydroxyl groups is 1. The number of hydrogen-bond donors (Lipinski definition) is 3. The zero-order chi connectivity index (χ0) is 39.3. The molecule has 1 amide bonds. The number of amides is 1. The lowest BCUT2D eigenvalue weighted by molar-refractivity contribution is -0.130. The second-order valence-corrected chi connectivity index (χ2v) is 14.6. The molecule has 3 N–H and O–H groups in total. The highest BCUT2D eigenvalue weighted by Crippen LogP contribution is 2.43. The van der Waals surface area contributed by atoms with Crippen molar-refractivity contribution in [2.24, 2.45) is 10.1 Å². The molecule has 0 aromatic heterocycles. The summed E-state index contributed by atoms with van der Waals surface area (Å²) < 4.78 is 12.6. The summed E-state index contributed by atoms with van der Waals surface area (Å²) in [5.74, 6) is 0.566. The van der Waals surface area contributed by atoms with Crippen molar-refractivity contribution in [3.8, 4) is 16.9 Å². The Morgan fingerprint density at radius 2 is 1.42 bits per heavy atom. The fourth-order valence-electron chi connectivity index (χ4n) is 6.74. The third-order valence-electron chi connectivity index (χ3n) is 9.66. The minimum absolute atomic E-state index is 0.0423. The minimum atomic E-state index is -1.50. The molecule has 0 fully saturated rings. The number of azide groups is 1. The first-order chi connectivity index (χ1) is 28.1. The van der Waals surface area contributed by atoms with Crippen molar-refractivity contribution < 1.29 is 19.4 Å². The minimum Gasteiger partial charge on any atom is -0.494 e. The molecule has 1 heterocycles. The number of aliphatic imine (C=N–C) groups is 1. The number of carbonyl (C=O) groups is 1. The monoisotopic (exact) mass is 774 g/mol. The van der Waals surface area contributed by atoms with E-state index in [1.54, 1.807) is 11.8 Å². The number of carbonyl (C=O) groups excluding carboxylic acids is 1. The van der Waals surface area contributed by atoms with Crippen LogP contribution in [0.3, 0.4) is 0 Å². The van der Waals surface area contributed by atoms with Crippen LogP contribution in [0.15, 0.2) is 178 Å². The second-order valence-electron chi connectivity index (χ2n) is 13.4. The average molecular weight is 775 g/mol. The zero-order valence-electron chi connectivity index (χ0n) is 31.2. The molecule has 6 aromatic rings. The predicted molar refractivity (Wildman–Crippen MR) is 224 cm³/mol. The molecule has 2 atom stereocenters. The Bertz CT molecular complexity index is 2340. The number of nitrogens with zero attached hydrogens (tertiary/aromatic N) is 4. The molecule has 0 radical (unpaired) electrons. The van der Waals surface area contributed by atoms with Crippen LogP contribution >= 0.6 is 11.8 Å². The zero-order valence-corrected chi connectivity index (χ0v) is 32.0. The summed E-state index contributed by atoms with van der Waals surface area (Å²) in [6.45, 7) is 0.900. The Kier molecular flexibility index (Phi) is 13.0. The van der Waals surface area contributed by atoms with Crippen LogP contribution in [0.5, 0.6) is 5.75 Å². The van der Waals surface area contributed by atoms with Gasteiger partial charge in [0, 0.05) is 46.3 Å². The summed E-state index contributed by atoms with van der Waals surface area (Å²) in [5.41, 5.74) is 20.1. The summed E-state index contributed by atoms with van der Waals surface area (Å²) in [5, 5.41) is 13.0. The fourth-order valence-corrected chi connectivity index (χ4v) is 7.70. The topological polar surface area (TPSA) is 141 Å². The molecule has 0 spiro atoms. The molecule has 57 heavy (non-hydrogen) atoms. The highest BCUT2D eigenvalue weighted by Gasteiger charge is 2.53. The summed E-state index contributed by atoms with van der Waals surface area (Å²) in [7, 11) is 0.